The van der Waals surface area contributed by atoms with Crippen molar-refractivity contribution in [3.63, 3.8) is 0 Å². The molecule has 0 spiro atoms. The largest absolute Gasteiger partial charge is 0.471 e. The molecule has 15 heavy (non-hydrogen) atoms. The van der Waals surface area contributed by atoms with E-state index in [2.05, 4.69) is 4.18 Å². The van der Waals surface area contributed by atoms with Crippen molar-refractivity contribution in [3.8, 4) is 0 Å². The van der Waals surface area contributed by atoms with Gasteiger partial charge in [-0.3, -0.25) is 8.98 Å². The van der Waals surface area contributed by atoms with Crippen LogP contribution in [0.25, 0.3) is 0 Å². The van der Waals surface area contributed by atoms with Crippen LogP contribution in [0.5, 0.6) is 0 Å². The van der Waals surface area contributed by atoms with Gasteiger partial charge < -0.3 is 5.32 Å². The van der Waals surface area contributed by atoms with Gasteiger partial charge in [0.05, 0.1) is 6.61 Å². The first-order valence-electron chi connectivity index (χ1n) is 4.15. The first-order chi connectivity index (χ1) is 6.84. The Labute approximate surface area is 87.8 Å². The molecule has 0 aromatic heterocycles. The van der Waals surface area contributed by atoms with Crippen LogP contribution in [0.3, 0.4) is 0 Å². The summed E-state index contributed by atoms with van der Waals surface area (Å²) in [6.45, 7) is 0.128. The number of unbranched alkanes of at least 4 members (excludes halogenated alkanes) is 1. The Hall–Kier alpha value is -0.630. The fourth-order valence-corrected chi connectivity index (χ4v) is 1.06. The fraction of sp³-hybridized carbons (Fsp3) is 0.857. The highest BCUT2D eigenvalue weighted by molar-refractivity contribution is 7.79. The number of carbonyl (C=O) groups is 1. The molecule has 0 fully saturated rings. The van der Waals surface area contributed by atoms with Crippen LogP contribution in [-0.4, -0.2) is 35.7 Å². The van der Waals surface area contributed by atoms with E-state index < -0.39 is 23.2 Å². The second kappa shape index (κ2) is 6.78. The summed E-state index contributed by atoms with van der Waals surface area (Å²) in [5.74, 6) is -1.94. The first-order valence-corrected chi connectivity index (χ1v) is 5.64. The molecule has 0 saturated heterocycles. The van der Waals surface area contributed by atoms with Crippen molar-refractivity contribution < 1.29 is 26.4 Å². The number of rotatable bonds is 6. The zero-order valence-corrected chi connectivity index (χ0v) is 8.91. The van der Waals surface area contributed by atoms with Gasteiger partial charge in [0.1, 0.15) is 0 Å². The third-order valence-electron chi connectivity index (χ3n) is 1.36. The maximum Gasteiger partial charge on any atom is 0.471 e. The molecule has 0 aromatic rings. The lowest BCUT2D eigenvalue weighted by molar-refractivity contribution is -0.173. The molecule has 0 aromatic carbocycles. The molecular formula is C7H12F3NO3S. The molecule has 1 N–H and O–H groups in total. The Morgan fingerprint density at radius 2 is 2.00 bits per heavy atom. The molecule has 0 bridgehead atoms. The lowest BCUT2D eigenvalue weighted by Crippen LogP contribution is -2.37. The molecule has 0 rings (SSSR count). The monoisotopic (exact) mass is 247 g/mol. The quantitative estimate of drug-likeness (QED) is 0.705. The Kier molecular flexibility index (Phi) is 6.50. The predicted octanol–water partition coefficient (Wildman–Crippen LogP) is 0.755. The van der Waals surface area contributed by atoms with Gasteiger partial charge in [0.2, 0.25) is 0 Å². The molecule has 0 aliphatic carbocycles. The van der Waals surface area contributed by atoms with Gasteiger partial charge in [-0.05, 0) is 12.8 Å². The number of halogens is 3. The van der Waals surface area contributed by atoms with Gasteiger partial charge in [0.25, 0.3) is 0 Å². The molecule has 0 saturated carbocycles. The van der Waals surface area contributed by atoms with Gasteiger partial charge in [-0.15, -0.1) is 0 Å². The molecule has 0 aliphatic heterocycles. The number of hydrogen-bond donors (Lipinski definition) is 1. The summed E-state index contributed by atoms with van der Waals surface area (Å²) in [5, 5.41) is 1.72. The lowest BCUT2D eigenvalue weighted by atomic mass is 10.3. The first kappa shape index (κ1) is 14.4. The predicted molar refractivity (Wildman–Crippen MR) is 48.3 cm³/mol. The minimum absolute atomic E-state index is 0.0714. The van der Waals surface area contributed by atoms with Crippen LogP contribution < -0.4 is 5.32 Å². The maximum atomic E-state index is 11.7. The van der Waals surface area contributed by atoms with Crippen LogP contribution >= 0.6 is 0 Å². The smallest absolute Gasteiger partial charge is 0.348 e. The molecule has 90 valence electrons. The number of amides is 1. The standard InChI is InChI=1S/C7H12F3NO3S/c1-15(13)14-5-3-2-4-11-6(12)7(8,9)10/h2-5H2,1H3,(H,11,12). The Morgan fingerprint density at radius 1 is 1.40 bits per heavy atom. The van der Waals surface area contributed by atoms with Crippen LogP contribution in [0.4, 0.5) is 13.2 Å². The van der Waals surface area contributed by atoms with E-state index in [9.17, 15) is 22.2 Å². The summed E-state index contributed by atoms with van der Waals surface area (Å²) in [5.41, 5.74) is 0. The van der Waals surface area contributed by atoms with Gasteiger partial charge in [0, 0.05) is 12.8 Å². The zero-order chi connectivity index (χ0) is 11.9. The van der Waals surface area contributed by atoms with Crippen molar-refractivity contribution in [3.05, 3.63) is 0 Å². The van der Waals surface area contributed by atoms with E-state index in [0.29, 0.717) is 12.8 Å². The Balaban J connectivity index is 3.40. The van der Waals surface area contributed by atoms with Crippen molar-refractivity contribution in [1.29, 1.82) is 0 Å². The Morgan fingerprint density at radius 3 is 2.47 bits per heavy atom. The van der Waals surface area contributed by atoms with Gasteiger partial charge in [0.15, 0.2) is 11.1 Å². The number of hydrogen-bond acceptors (Lipinski definition) is 3. The van der Waals surface area contributed by atoms with E-state index in [1.54, 1.807) is 5.32 Å². The summed E-state index contributed by atoms with van der Waals surface area (Å²) >= 11 is -1.36. The SMILES string of the molecule is CS(=O)OCCCCNC(=O)C(F)(F)F. The van der Waals surface area contributed by atoms with Crippen LogP contribution in [0.15, 0.2) is 0 Å². The van der Waals surface area contributed by atoms with Crippen molar-refractivity contribution in [2.75, 3.05) is 19.4 Å². The van der Waals surface area contributed by atoms with Gasteiger partial charge in [-0.2, -0.15) is 13.2 Å². The van der Waals surface area contributed by atoms with E-state index in [1.807, 2.05) is 0 Å². The van der Waals surface area contributed by atoms with Crippen LogP contribution in [-0.2, 0) is 20.1 Å². The summed E-state index contributed by atoms with van der Waals surface area (Å²) in [6.07, 6.45) is -2.69. The highest BCUT2D eigenvalue weighted by Crippen LogP contribution is 2.13. The molecule has 0 aliphatic rings. The molecule has 0 radical (unpaired) electrons. The van der Waals surface area contributed by atoms with Crippen molar-refractivity contribution in [1.82, 2.24) is 5.32 Å². The number of alkyl halides is 3. The lowest BCUT2D eigenvalue weighted by Gasteiger charge is -2.07. The van der Waals surface area contributed by atoms with E-state index >= 15 is 0 Å². The van der Waals surface area contributed by atoms with E-state index in [4.69, 9.17) is 0 Å². The topological polar surface area (TPSA) is 55.4 Å². The van der Waals surface area contributed by atoms with E-state index in [1.165, 1.54) is 6.26 Å². The minimum Gasteiger partial charge on any atom is -0.348 e. The summed E-state index contributed by atoms with van der Waals surface area (Å²) < 4.78 is 50.0. The van der Waals surface area contributed by atoms with Crippen LogP contribution in [0, 0.1) is 0 Å². The van der Waals surface area contributed by atoms with E-state index in [-0.39, 0.29) is 13.2 Å². The highest BCUT2D eigenvalue weighted by atomic mass is 32.2. The summed E-state index contributed by atoms with van der Waals surface area (Å²) in [6, 6.07) is 0. The van der Waals surface area contributed by atoms with Crippen molar-refractivity contribution in [2.24, 2.45) is 0 Å². The molecule has 8 heteroatoms. The van der Waals surface area contributed by atoms with Gasteiger partial charge in [-0.1, -0.05) is 0 Å². The minimum atomic E-state index is -4.83. The van der Waals surface area contributed by atoms with Crippen LogP contribution in [0.1, 0.15) is 12.8 Å². The molecular weight excluding hydrogens is 235 g/mol. The number of carbonyl (C=O) groups excluding carboxylic acids is 1. The summed E-state index contributed by atoms with van der Waals surface area (Å²) in [7, 11) is 0. The Bertz CT molecular complexity index is 232. The average Bonchev–Trinajstić information content (AvgIpc) is 2.08. The molecule has 0 heterocycles. The third kappa shape index (κ3) is 8.37. The second-order valence-corrected chi connectivity index (χ2v) is 3.72. The fourth-order valence-electron chi connectivity index (χ4n) is 0.705. The highest BCUT2D eigenvalue weighted by Gasteiger charge is 2.38. The second-order valence-electron chi connectivity index (χ2n) is 2.68. The molecule has 4 nitrogen and oxygen atoms in total. The zero-order valence-electron chi connectivity index (χ0n) is 8.10. The molecule has 1 amide bonds. The van der Waals surface area contributed by atoms with E-state index in [0.717, 1.165) is 0 Å². The maximum absolute atomic E-state index is 11.7. The number of nitrogens with one attached hydrogen (secondary N) is 1. The van der Waals surface area contributed by atoms with Gasteiger partial charge in [-0.25, -0.2) is 4.21 Å². The molecule has 1 unspecified atom stereocenters. The van der Waals surface area contributed by atoms with Crippen LogP contribution in [0.2, 0.25) is 0 Å². The average molecular weight is 247 g/mol. The third-order valence-corrected chi connectivity index (χ3v) is 1.86. The van der Waals surface area contributed by atoms with Gasteiger partial charge >= 0.3 is 12.1 Å². The van der Waals surface area contributed by atoms with Crippen molar-refractivity contribution >= 4 is 17.0 Å². The molecule has 1 atom stereocenters. The normalized spacial score (nSPS) is 13.6. The van der Waals surface area contributed by atoms with Crippen molar-refractivity contribution in [2.45, 2.75) is 19.0 Å². The summed E-state index contributed by atoms with van der Waals surface area (Å²) in [4.78, 5) is 10.3.